The number of amides is 2. The van der Waals surface area contributed by atoms with E-state index in [-0.39, 0.29) is 29.8 Å². The van der Waals surface area contributed by atoms with Crippen LogP contribution >= 0.6 is 0 Å². The van der Waals surface area contributed by atoms with E-state index < -0.39 is 32.8 Å². The number of fused-ring (bicyclic) bond motifs is 2. The molecule has 4 rings (SSSR count). The second kappa shape index (κ2) is 12.1. The van der Waals surface area contributed by atoms with Crippen molar-refractivity contribution >= 4 is 21.7 Å². The number of aromatic nitrogens is 1. The first kappa shape index (κ1) is 27.8. The topological polar surface area (TPSA) is 128 Å². The molecule has 3 aliphatic rings. The van der Waals surface area contributed by atoms with Crippen molar-refractivity contribution in [1.29, 1.82) is 0 Å². The molecule has 206 valence electrons. The van der Waals surface area contributed by atoms with Crippen LogP contribution in [0.1, 0.15) is 106 Å². The highest BCUT2D eigenvalue weighted by molar-refractivity contribution is 7.92. The predicted octanol–water partition coefficient (Wildman–Crippen LogP) is 4.01. The predicted molar refractivity (Wildman–Crippen MR) is 140 cm³/mol. The van der Waals surface area contributed by atoms with Gasteiger partial charge in [-0.3, -0.25) is 9.59 Å². The van der Waals surface area contributed by atoms with E-state index >= 15 is 0 Å². The Morgan fingerprint density at radius 1 is 1.19 bits per heavy atom. The van der Waals surface area contributed by atoms with Crippen molar-refractivity contribution in [1.82, 2.24) is 15.6 Å². The Hall–Kier alpha value is -2.20. The average Bonchev–Trinajstić information content (AvgIpc) is 3.59. The van der Waals surface area contributed by atoms with Crippen LogP contribution in [0, 0.1) is 5.92 Å². The maximum absolute atomic E-state index is 12.8. The fourth-order valence-corrected chi connectivity index (χ4v) is 7.64. The molecule has 0 spiro atoms. The van der Waals surface area contributed by atoms with E-state index in [2.05, 4.69) is 15.6 Å². The molecule has 4 atom stereocenters. The number of ether oxygens (including phenoxy) is 1. The molecule has 37 heavy (non-hydrogen) atoms. The van der Waals surface area contributed by atoms with Gasteiger partial charge in [0.1, 0.15) is 6.26 Å². The van der Waals surface area contributed by atoms with Gasteiger partial charge in [-0.15, -0.1) is 0 Å². The van der Waals surface area contributed by atoms with Crippen LogP contribution in [-0.4, -0.2) is 55.1 Å². The van der Waals surface area contributed by atoms with E-state index in [1.165, 1.54) is 44.8 Å². The molecule has 2 N–H and O–H groups in total. The van der Waals surface area contributed by atoms with Crippen molar-refractivity contribution in [3.63, 3.8) is 0 Å². The van der Waals surface area contributed by atoms with E-state index in [1.807, 2.05) is 19.1 Å². The Kier molecular flexibility index (Phi) is 9.11. The van der Waals surface area contributed by atoms with Crippen LogP contribution in [0.3, 0.4) is 0 Å². The highest BCUT2D eigenvalue weighted by atomic mass is 32.2. The van der Waals surface area contributed by atoms with Gasteiger partial charge in [0, 0.05) is 19.2 Å². The van der Waals surface area contributed by atoms with E-state index in [0.717, 1.165) is 25.0 Å². The number of carbonyl (C=O) groups is 2. The Morgan fingerprint density at radius 2 is 1.97 bits per heavy atom. The lowest BCUT2D eigenvalue weighted by Gasteiger charge is -2.34. The van der Waals surface area contributed by atoms with Gasteiger partial charge in [-0.25, -0.2) is 13.4 Å². The summed E-state index contributed by atoms with van der Waals surface area (Å²) in [4.78, 5) is 28.3. The van der Waals surface area contributed by atoms with Crippen LogP contribution in [-0.2, 0) is 19.4 Å². The maximum atomic E-state index is 12.8. The summed E-state index contributed by atoms with van der Waals surface area (Å²) >= 11 is 0. The summed E-state index contributed by atoms with van der Waals surface area (Å²) in [5.41, 5.74) is 0.150. The zero-order valence-corrected chi connectivity index (χ0v) is 22.9. The minimum atomic E-state index is -3.67. The molecule has 2 amide bonds. The standard InChI is InChI=1S/C27H41N3O6S/c1-3-4-6-14-22(31)30-24-23(21-15-16-27(24,36-21)37(2,33)34)26-29-20(18-35-26)25(32)28-17-10-9-13-19-11-7-5-8-12-19/h3-4,18-19,21,23-24H,5-17H2,1-2H3,(H,28,32)(H,30,31)/b4-3+. The van der Waals surface area contributed by atoms with Crippen molar-refractivity contribution in [3.05, 3.63) is 30.0 Å². The Labute approximate surface area is 220 Å². The second-order valence-corrected chi connectivity index (χ2v) is 13.0. The number of rotatable bonds is 12. The van der Waals surface area contributed by atoms with Crippen LogP contribution in [0.5, 0.6) is 0 Å². The van der Waals surface area contributed by atoms with E-state index in [4.69, 9.17) is 9.15 Å². The average molecular weight is 536 g/mol. The lowest BCUT2D eigenvalue weighted by molar-refractivity contribution is -0.122. The number of carbonyl (C=O) groups excluding carboxylic acids is 2. The number of sulfone groups is 1. The van der Waals surface area contributed by atoms with E-state index in [0.29, 0.717) is 25.8 Å². The van der Waals surface area contributed by atoms with Gasteiger partial charge in [0.2, 0.25) is 11.8 Å². The van der Waals surface area contributed by atoms with Gasteiger partial charge in [0.25, 0.3) is 5.91 Å². The first-order chi connectivity index (χ1) is 17.7. The number of oxazole rings is 1. The molecule has 3 fully saturated rings. The molecule has 1 aromatic heterocycles. The molecule has 2 aliphatic heterocycles. The molecule has 4 unspecified atom stereocenters. The van der Waals surface area contributed by atoms with Crippen molar-refractivity contribution in [3.8, 4) is 0 Å². The molecular formula is C27H41N3O6S. The third-order valence-electron chi connectivity index (χ3n) is 8.17. The molecule has 2 bridgehead atoms. The summed E-state index contributed by atoms with van der Waals surface area (Å²) in [6.07, 6.45) is 17.3. The van der Waals surface area contributed by atoms with Gasteiger partial charge in [-0.1, -0.05) is 57.1 Å². The minimum Gasteiger partial charge on any atom is -0.448 e. The first-order valence-electron chi connectivity index (χ1n) is 13.8. The van der Waals surface area contributed by atoms with Gasteiger partial charge >= 0.3 is 0 Å². The van der Waals surface area contributed by atoms with Gasteiger partial charge in [0.05, 0.1) is 18.1 Å². The largest absolute Gasteiger partial charge is 0.448 e. The van der Waals surface area contributed by atoms with Crippen molar-refractivity contribution < 1.29 is 27.2 Å². The van der Waals surface area contributed by atoms with Gasteiger partial charge in [0.15, 0.2) is 20.5 Å². The maximum Gasteiger partial charge on any atom is 0.273 e. The molecule has 1 saturated carbocycles. The van der Waals surface area contributed by atoms with E-state index in [1.54, 1.807) is 0 Å². The van der Waals surface area contributed by atoms with Crippen LogP contribution in [0.15, 0.2) is 22.8 Å². The summed E-state index contributed by atoms with van der Waals surface area (Å²) < 4.78 is 37.4. The number of allylic oxidation sites excluding steroid dienone is 2. The highest BCUT2D eigenvalue weighted by Crippen LogP contribution is 2.53. The quantitative estimate of drug-likeness (QED) is 0.306. The molecule has 2 saturated heterocycles. The molecule has 0 radical (unpaired) electrons. The van der Waals surface area contributed by atoms with Gasteiger partial charge in [-0.05, 0) is 38.5 Å². The number of nitrogens with zero attached hydrogens (tertiary/aromatic N) is 1. The molecular weight excluding hydrogens is 494 g/mol. The molecule has 10 heteroatoms. The lowest BCUT2D eigenvalue weighted by Crippen LogP contribution is -2.56. The molecule has 0 aromatic carbocycles. The zero-order valence-electron chi connectivity index (χ0n) is 22.0. The summed E-state index contributed by atoms with van der Waals surface area (Å²) in [6, 6.07) is -0.839. The molecule has 1 aliphatic carbocycles. The van der Waals surface area contributed by atoms with Crippen LogP contribution in [0.25, 0.3) is 0 Å². The number of hydrogen-bond acceptors (Lipinski definition) is 7. The van der Waals surface area contributed by atoms with E-state index in [9.17, 15) is 18.0 Å². The van der Waals surface area contributed by atoms with Crippen molar-refractivity contribution in [2.24, 2.45) is 5.92 Å². The second-order valence-electron chi connectivity index (χ2n) is 10.8. The molecule has 1 aromatic rings. The Bertz CT molecular complexity index is 1080. The van der Waals surface area contributed by atoms with Crippen molar-refractivity contribution in [2.75, 3.05) is 12.8 Å². The fraction of sp³-hybridized carbons (Fsp3) is 0.741. The highest BCUT2D eigenvalue weighted by Gasteiger charge is 2.66. The normalized spacial score (nSPS) is 28.1. The smallest absolute Gasteiger partial charge is 0.273 e. The zero-order chi connectivity index (χ0) is 26.5. The number of hydrogen-bond donors (Lipinski definition) is 2. The van der Waals surface area contributed by atoms with Crippen LogP contribution in [0.2, 0.25) is 0 Å². The lowest BCUT2D eigenvalue weighted by atomic mass is 9.83. The summed E-state index contributed by atoms with van der Waals surface area (Å²) in [5.74, 6) is -0.118. The Morgan fingerprint density at radius 3 is 2.70 bits per heavy atom. The third kappa shape index (κ3) is 6.28. The summed E-state index contributed by atoms with van der Waals surface area (Å²) in [6.45, 7) is 2.45. The summed E-state index contributed by atoms with van der Waals surface area (Å²) in [5, 5.41) is 5.82. The van der Waals surface area contributed by atoms with Crippen LogP contribution in [0.4, 0.5) is 0 Å². The molecule has 9 nitrogen and oxygen atoms in total. The van der Waals surface area contributed by atoms with Crippen LogP contribution < -0.4 is 10.6 Å². The molecule has 3 heterocycles. The van der Waals surface area contributed by atoms with Crippen molar-refractivity contribution in [2.45, 2.75) is 107 Å². The summed E-state index contributed by atoms with van der Waals surface area (Å²) in [7, 11) is -3.67. The number of nitrogens with one attached hydrogen (secondary N) is 2. The SMILES string of the molecule is C/C=C/CCC(=O)NC1C(c2nc(C(=O)NCCCCC3CCCCC3)co2)C2CCC1(S(C)(=O)=O)O2. The fourth-order valence-electron chi connectivity index (χ4n) is 6.19. The first-order valence-corrected chi connectivity index (χ1v) is 15.7. The minimum absolute atomic E-state index is 0.150. The third-order valence-corrected chi connectivity index (χ3v) is 9.98. The number of unbranched alkanes of at least 4 members (excludes halogenated alkanes) is 1. The van der Waals surface area contributed by atoms with Gasteiger partial charge < -0.3 is 19.8 Å². The Balaban J connectivity index is 1.38. The monoisotopic (exact) mass is 535 g/mol. The van der Waals surface area contributed by atoms with Gasteiger partial charge in [-0.2, -0.15) is 0 Å².